The maximum absolute atomic E-state index is 13.0. The number of aromatic nitrogens is 5. The lowest BCUT2D eigenvalue weighted by molar-refractivity contribution is 0.161. The first-order valence-electron chi connectivity index (χ1n) is 14.1. The number of urea groups is 1. The number of rotatable bonds is 4. The summed E-state index contributed by atoms with van der Waals surface area (Å²) in [5.74, 6) is 0.527. The quantitative estimate of drug-likeness (QED) is 0.321. The first-order chi connectivity index (χ1) is 19.9. The van der Waals surface area contributed by atoms with Gasteiger partial charge < -0.3 is 25.4 Å². The van der Waals surface area contributed by atoms with Crippen molar-refractivity contribution in [3.05, 3.63) is 59.1 Å². The van der Waals surface area contributed by atoms with Crippen LogP contribution < -0.4 is 10.6 Å². The summed E-state index contributed by atoms with van der Waals surface area (Å²) in [5.41, 5.74) is 4.30. The third-order valence-corrected chi connectivity index (χ3v) is 8.26. The molecule has 1 aromatic carbocycles. The summed E-state index contributed by atoms with van der Waals surface area (Å²) >= 11 is 6.48. The number of halogens is 1. The Bertz CT molecular complexity index is 1570. The number of amides is 3. The number of para-hydroxylation sites is 1. The van der Waals surface area contributed by atoms with E-state index >= 15 is 0 Å². The molecule has 0 saturated carbocycles. The Morgan fingerprint density at radius 2 is 1.71 bits per heavy atom. The van der Waals surface area contributed by atoms with Crippen LogP contribution in [-0.2, 0) is 0 Å². The van der Waals surface area contributed by atoms with Crippen LogP contribution in [0.5, 0.6) is 0 Å². The lowest BCUT2D eigenvalue weighted by Gasteiger charge is -2.36. The summed E-state index contributed by atoms with van der Waals surface area (Å²) in [5, 5.41) is 12.5. The van der Waals surface area contributed by atoms with Gasteiger partial charge in [-0.3, -0.25) is 0 Å². The number of nitrogens with zero attached hydrogens (tertiary/aromatic N) is 6. The molecule has 3 aromatic heterocycles. The number of carbonyl (C=O) groups excluding carboxylic acids is 2. The van der Waals surface area contributed by atoms with Gasteiger partial charge in [0.1, 0.15) is 0 Å². The van der Waals surface area contributed by atoms with Gasteiger partial charge in [0.25, 0.3) is 0 Å². The number of nitrogens with one attached hydrogen (secondary N) is 3. The van der Waals surface area contributed by atoms with Crippen LogP contribution in [0.4, 0.5) is 15.5 Å². The Hall–Kier alpha value is -4.12. The molecular formula is C29H34ClN9O2. The van der Waals surface area contributed by atoms with E-state index in [0.717, 1.165) is 53.5 Å². The van der Waals surface area contributed by atoms with Crippen molar-refractivity contribution in [1.82, 2.24) is 39.8 Å². The molecule has 214 valence electrons. The lowest BCUT2D eigenvalue weighted by atomic mass is 10.0. The van der Waals surface area contributed by atoms with Crippen molar-refractivity contribution >= 4 is 40.5 Å². The highest BCUT2D eigenvalue weighted by Gasteiger charge is 2.29. The van der Waals surface area contributed by atoms with Crippen molar-refractivity contribution in [2.24, 2.45) is 0 Å². The highest BCUT2D eigenvalue weighted by Crippen LogP contribution is 2.32. The topological polar surface area (TPSA) is 124 Å². The first-order valence-corrected chi connectivity index (χ1v) is 14.5. The Balaban J connectivity index is 0.989. The summed E-state index contributed by atoms with van der Waals surface area (Å²) in [4.78, 5) is 41.9. The number of carbonyl (C=O) groups is 2. The molecule has 0 aliphatic carbocycles. The van der Waals surface area contributed by atoms with Crippen LogP contribution in [-0.4, -0.2) is 84.9 Å². The van der Waals surface area contributed by atoms with Crippen LogP contribution in [0.25, 0.3) is 22.2 Å². The molecule has 11 nitrogen and oxygen atoms in total. The number of H-pyrrole nitrogens is 1. The summed E-state index contributed by atoms with van der Waals surface area (Å²) in [6.45, 7) is 6.23. The molecule has 2 saturated heterocycles. The predicted molar refractivity (Wildman–Crippen MR) is 158 cm³/mol. The minimum atomic E-state index is -0.104. The number of fused-ring (bicyclic) bond motifs is 1. The van der Waals surface area contributed by atoms with Gasteiger partial charge in [0, 0.05) is 66.6 Å². The van der Waals surface area contributed by atoms with E-state index in [9.17, 15) is 9.59 Å². The molecule has 2 aliphatic heterocycles. The van der Waals surface area contributed by atoms with E-state index < -0.39 is 0 Å². The summed E-state index contributed by atoms with van der Waals surface area (Å²) in [7, 11) is 0. The number of benzene rings is 1. The fourth-order valence-electron chi connectivity index (χ4n) is 5.74. The van der Waals surface area contributed by atoms with Crippen LogP contribution in [0.1, 0.15) is 37.1 Å². The Morgan fingerprint density at radius 3 is 2.44 bits per heavy atom. The van der Waals surface area contributed by atoms with E-state index in [2.05, 4.69) is 25.7 Å². The summed E-state index contributed by atoms with van der Waals surface area (Å²) < 4.78 is 1.46. The molecule has 41 heavy (non-hydrogen) atoms. The number of hydrogen-bond donors (Lipinski definition) is 3. The zero-order valence-corrected chi connectivity index (χ0v) is 24.0. The van der Waals surface area contributed by atoms with Crippen molar-refractivity contribution in [2.45, 2.75) is 51.6 Å². The van der Waals surface area contributed by atoms with Crippen molar-refractivity contribution in [1.29, 1.82) is 0 Å². The van der Waals surface area contributed by atoms with Crippen LogP contribution in [0.2, 0.25) is 5.02 Å². The number of aryl methyl sites for hydroxylation is 2. The van der Waals surface area contributed by atoms with Crippen LogP contribution >= 0.6 is 11.6 Å². The average molecular weight is 576 g/mol. The zero-order valence-electron chi connectivity index (χ0n) is 23.2. The van der Waals surface area contributed by atoms with Gasteiger partial charge in [0.15, 0.2) is 0 Å². The molecule has 12 heteroatoms. The number of aromatic amines is 1. The number of hydrogen-bond acceptors (Lipinski definition) is 6. The molecule has 4 aromatic rings. The molecular weight excluding hydrogens is 542 g/mol. The second-order valence-corrected chi connectivity index (χ2v) is 11.3. The largest absolute Gasteiger partial charge is 0.360 e. The monoisotopic (exact) mass is 575 g/mol. The molecule has 0 atom stereocenters. The fraction of sp³-hybridized carbons (Fsp3) is 0.414. The molecule has 2 fully saturated rings. The summed E-state index contributed by atoms with van der Waals surface area (Å²) in [6.07, 6.45) is 6.58. The highest BCUT2D eigenvalue weighted by molar-refractivity contribution is 6.33. The van der Waals surface area contributed by atoms with Gasteiger partial charge in [-0.2, -0.15) is 9.78 Å². The number of anilines is 1. The second-order valence-electron chi connectivity index (χ2n) is 10.9. The van der Waals surface area contributed by atoms with Gasteiger partial charge >= 0.3 is 12.1 Å². The Morgan fingerprint density at radius 1 is 1.00 bits per heavy atom. The first kappa shape index (κ1) is 27.1. The van der Waals surface area contributed by atoms with Crippen molar-refractivity contribution < 1.29 is 9.59 Å². The van der Waals surface area contributed by atoms with E-state index in [1.165, 1.54) is 4.68 Å². The maximum atomic E-state index is 13.0. The minimum absolute atomic E-state index is 0.0452. The minimum Gasteiger partial charge on any atom is -0.360 e. The van der Waals surface area contributed by atoms with Crippen molar-refractivity contribution in [3.8, 4) is 11.3 Å². The molecule has 0 spiro atoms. The fourth-order valence-corrected chi connectivity index (χ4v) is 5.93. The molecule has 0 unspecified atom stereocenters. The number of piperidine rings is 2. The third kappa shape index (κ3) is 5.72. The zero-order chi connectivity index (χ0) is 28.5. The van der Waals surface area contributed by atoms with Gasteiger partial charge in [-0.15, -0.1) is 0 Å². The highest BCUT2D eigenvalue weighted by atomic mass is 35.5. The Kier molecular flexibility index (Phi) is 7.53. The van der Waals surface area contributed by atoms with Gasteiger partial charge in [-0.25, -0.2) is 19.6 Å². The normalized spacial score (nSPS) is 16.8. The van der Waals surface area contributed by atoms with Crippen molar-refractivity contribution in [3.63, 3.8) is 0 Å². The molecule has 5 heterocycles. The van der Waals surface area contributed by atoms with E-state index in [0.29, 0.717) is 42.8 Å². The molecule has 0 bridgehead atoms. The van der Waals surface area contributed by atoms with Crippen LogP contribution in [0.15, 0.2) is 42.7 Å². The third-order valence-electron chi connectivity index (χ3n) is 7.99. The molecule has 6 rings (SSSR count). The van der Waals surface area contributed by atoms with Crippen LogP contribution in [0, 0.1) is 13.8 Å². The average Bonchev–Trinajstić information content (AvgIpc) is 3.56. The predicted octanol–water partition coefficient (Wildman–Crippen LogP) is 4.81. The van der Waals surface area contributed by atoms with Crippen molar-refractivity contribution in [2.75, 3.05) is 31.5 Å². The molecule has 3 amide bonds. The molecule has 0 radical (unpaired) electrons. The molecule has 2 aliphatic rings. The second kappa shape index (κ2) is 11.4. The van der Waals surface area contributed by atoms with Gasteiger partial charge in [0.05, 0.1) is 22.6 Å². The van der Waals surface area contributed by atoms with Gasteiger partial charge in [-0.05, 0) is 51.7 Å². The molecule has 3 N–H and O–H groups in total. The lowest BCUT2D eigenvalue weighted by Crippen LogP contribution is -2.53. The van der Waals surface area contributed by atoms with E-state index in [1.54, 1.807) is 6.20 Å². The number of likely N-dealkylation sites (tertiary alicyclic amines) is 2. The maximum Gasteiger partial charge on any atom is 0.344 e. The van der Waals surface area contributed by atoms with Crippen LogP contribution in [0.3, 0.4) is 0 Å². The van der Waals surface area contributed by atoms with E-state index in [-0.39, 0.29) is 24.1 Å². The van der Waals surface area contributed by atoms with E-state index in [1.807, 2.05) is 60.2 Å². The standard InChI is InChI=1S/C29H34ClN9O2/c1-18-15-19(2)39(36-18)29(41)38-13-9-21(10-14-38)34-28(40)37-11-7-20(8-12-37)33-27-32-17-24(30)26(35-27)23-16-31-25-6-4-3-5-22(23)25/h3-6,15-17,20-21,31H,7-14H2,1-2H3,(H,34,40)(H,32,33,35). The smallest absolute Gasteiger partial charge is 0.344 e. The summed E-state index contributed by atoms with van der Waals surface area (Å²) in [6, 6.07) is 9.99. The van der Waals surface area contributed by atoms with Gasteiger partial charge in [0.2, 0.25) is 5.95 Å². The SMILES string of the molecule is Cc1cc(C)n(C(=O)N2CCC(NC(=O)N3CCC(Nc4ncc(Cl)c(-c5c[nH]c6ccccc56)n4)CC3)CC2)n1. The Labute approximate surface area is 243 Å². The van der Waals surface area contributed by atoms with E-state index in [4.69, 9.17) is 16.6 Å². The van der Waals surface area contributed by atoms with Gasteiger partial charge in [-0.1, -0.05) is 29.8 Å².